The monoisotopic (exact) mass is 494 g/mol. The Hall–Kier alpha value is -3.83. The van der Waals surface area contributed by atoms with Crippen molar-refractivity contribution in [1.82, 2.24) is 19.9 Å². The van der Waals surface area contributed by atoms with E-state index < -0.39 is 0 Å². The lowest BCUT2D eigenvalue weighted by atomic mass is 9.99. The van der Waals surface area contributed by atoms with E-state index in [9.17, 15) is 15.2 Å². The van der Waals surface area contributed by atoms with Gasteiger partial charge in [0.1, 0.15) is 11.9 Å². The SMILES string of the molecule is C=Cc1nc(-c2cc(C#N)c(N3CCN(C(=O)CCO)[C@H](C4CC4)C3)nc2C2CC2)c2ccccc2n1. The van der Waals surface area contributed by atoms with Gasteiger partial charge in [-0.1, -0.05) is 24.8 Å². The van der Waals surface area contributed by atoms with E-state index in [4.69, 9.17) is 9.97 Å². The topological polar surface area (TPSA) is 106 Å². The van der Waals surface area contributed by atoms with Gasteiger partial charge in [0.25, 0.3) is 0 Å². The quantitative estimate of drug-likeness (QED) is 0.531. The Morgan fingerprint density at radius 1 is 1.16 bits per heavy atom. The highest BCUT2D eigenvalue weighted by atomic mass is 16.3. The standard InChI is InChI=1S/C29H30N6O2/c1-2-25-31-23-6-4-3-5-21(23)28(32-25)22-15-20(16-30)29(33-27(22)19-9-10-19)34-12-13-35(26(37)11-14-36)24(17-34)18-7-8-18/h2-6,15,18-19,24,36H,1,7-14,17H2/t24-/m0/s1. The number of amides is 1. The van der Waals surface area contributed by atoms with Gasteiger partial charge in [-0.25, -0.2) is 15.0 Å². The van der Waals surface area contributed by atoms with Gasteiger partial charge < -0.3 is 14.9 Å². The number of hydrogen-bond acceptors (Lipinski definition) is 7. The zero-order valence-corrected chi connectivity index (χ0v) is 20.8. The summed E-state index contributed by atoms with van der Waals surface area (Å²) in [4.78, 5) is 31.4. The molecule has 188 valence electrons. The summed E-state index contributed by atoms with van der Waals surface area (Å²) in [5, 5.41) is 20.4. The summed E-state index contributed by atoms with van der Waals surface area (Å²) < 4.78 is 0. The number of aliphatic hydroxyl groups is 1. The molecule has 1 amide bonds. The van der Waals surface area contributed by atoms with Crippen LogP contribution < -0.4 is 4.90 Å². The highest BCUT2D eigenvalue weighted by Gasteiger charge is 2.41. The molecule has 8 heteroatoms. The molecule has 1 aromatic carbocycles. The first-order valence-corrected chi connectivity index (χ1v) is 13.1. The number of anilines is 1. The fourth-order valence-electron chi connectivity index (χ4n) is 5.53. The van der Waals surface area contributed by atoms with Crippen molar-refractivity contribution in [2.45, 2.75) is 44.1 Å². The van der Waals surface area contributed by atoms with Crippen LogP contribution in [0.15, 0.2) is 36.9 Å². The van der Waals surface area contributed by atoms with Crippen LogP contribution in [0.25, 0.3) is 28.2 Å². The number of aliphatic hydroxyl groups excluding tert-OH is 1. The van der Waals surface area contributed by atoms with E-state index in [0.717, 1.165) is 53.5 Å². The molecule has 8 nitrogen and oxygen atoms in total. The minimum atomic E-state index is -0.131. The van der Waals surface area contributed by atoms with E-state index in [1.165, 1.54) is 0 Å². The van der Waals surface area contributed by atoms with E-state index in [1.807, 2.05) is 35.2 Å². The molecule has 0 bridgehead atoms. The van der Waals surface area contributed by atoms with Gasteiger partial charge >= 0.3 is 0 Å². The number of carbonyl (C=O) groups is 1. The molecule has 3 aliphatic rings. The average molecular weight is 495 g/mol. The third-order valence-corrected chi connectivity index (χ3v) is 7.70. The van der Waals surface area contributed by atoms with Crippen LogP contribution in [0.4, 0.5) is 5.82 Å². The molecule has 37 heavy (non-hydrogen) atoms. The predicted octanol–water partition coefficient (Wildman–Crippen LogP) is 3.89. The number of benzene rings is 1. The number of pyridine rings is 1. The normalized spacial score (nSPS) is 19.6. The third-order valence-electron chi connectivity index (χ3n) is 7.70. The lowest BCUT2D eigenvalue weighted by Crippen LogP contribution is -2.56. The summed E-state index contributed by atoms with van der Waals surface area (Å²) in [6.07, 6.45) is 6.16. The Kier molecular flexibility index (Phi) is 6.09. The average Bonchev–Trinajstić information content (AvgIpc) is 3.85. The third kappa shape index (κ3) is 4.44. The number of aromatic nitrogens is 3. The van der Waals surface area contributed by atoms with E-state index in [1.54, 1.807) is 6.08 Å². The van der Waals surface area contributed by atoms with Crippen LogP contribution >= 0.6 is 0 Å². The van der Waals surface area contributed by atoms with Crippen LogP contribution in [0, 0.1) is 17.2 Å². The smallest absolute Gasteiger partial charge is 0.225 e. The van der Waals surface area contributed by atoms with Crippen LogP contribution in [0.5, 0.6) is 0 Å². The van der Waals surface area contributed by atoms with E-state index in [-0.39, 0.29) is 25.0 Å². The summed E-state index contributed by atoms with van der Waals surface area (Å²) >= 11 is 0. The van der Waals surface area contributed by atoms with Gasteiger partial charge in [-0.3, -0.25) is 4.79 Å². The molecule has 1 atom stereocenters. The van der Waals surface area contributed by atoms with Gasteiger partial charge in [0, 0.05) is 42.9 Å². The van der Waals surface area contributed by atoms with Crippen LogP contribution in [0.1, 0.15) is 55.1 Å². The Morgan fingerprint density at radius 2 is 1.97 bits per heavy atom. The number of carbonyl (C=O) groups excluding carboxylic acids is 1. The minimum Gasteiger partial charge on any atom is -0.396 e. The van der Waals surface area contributed by atoms with Gasteiger partial charge in [0.05, 0.1) is 35.1 Å². The van der Waals surface area contributed by atoms with Crippen molar-refractivity contribution in [2.24, 2.45) is 5.92 Å². The Balaban J connectivity index is 1.42. The van der Waals surface area contributed by atoms with Gasteiger partial charge in [-0.15, -0.1) is 0 Å². The maximum absolute atomic E-state index is 12.7. The van der Waals surface area contributed by atoms with Crippen molar-refractivity contribution in [1.29, 1.82) is 5.26 Å². The Bertz CT molecular complexity index is 1420. The molecule has 0 radical (unpaired) electrons. The second-order valence-electron chi connectivity index (χ2n) is 10.2. The Morgan fingerprint density at radius 3 is 2.68 bits per heavy atom. The first kappa shape index (κ1) is 23.6. The molecule has 0 spiro atoms. The van der Waals surface area contributed by atoms with Crippen molar-refractivity contribution in [3.63, 3.8) is 0 Å². The van der Waals surface area contributed by atoms with E-state index in [2.05, 4.69) is 22.5 Å². The zero-order chi connectivity index (χ0) is 25.5. The molecule has 1 saturated heterocycles. The van der Waals surface area contributed by atoms with E-state index in [0.29, 0.717) is 48.7 Å². The summed E-state index contributed by atoms with van der Waals surface area (Å²) in [5.74, 6) is 2.08. The fraction of sp³-hybridized carbons (Fsp3) is 0.414. The number of piperazine rings is 1. The van der Waals surface area contributed by atoms with Crippen molar-refractivity contribution in [2.75, 3.05) is 31.1 Å². The molecule has 3 heterocycles. The summed E-state index contributed by atoms with van der Waals surface area (Å²) in [6.45, 7) is 5.58. The van der Waals surface area contributed by atoms with Gasteiger partial charge in [0.15, 0.2) is 5.82 Å². The summed E-state index contributed by atoms with van der Waals surface area (Å²) in [6, 6.07) is 12.3. The lowest BCUT2D eigenvalue weighted by molar-refractivity contribution is -0.135. The molecule has 2 saturated carbocycles. The molecule has 3 fully saturated rings. The molecule has 2 aliphatic carbocycles. The number of rotatable bonds is 7. The number of para-hydroxylation sites is 1. The van der Waals surface area contributed by atoms with Crippen molar-refractivity contribution >= 4 is 28.7 Å². The summed E-state index contributed by atoms with van der Waals surface area (Å²) in [7, 11) is 0. The fourth-order valence-corrected chi connectivity index (χ4v) is 5.53. The van der Waals surface area contributed by atoms with E-state index >= 15 is 0 Å². The second kappa shape index (κ2) is 9.56. The largest absolute Gasteiger partial charge is 0.396 e. The maximum atomic E-state index is 12.7. The molecule has 6 rings (SSSR count). The minimum absolute atomic E-state index is 0.00944. The number of nitriles is 1. The molecular weight excluding hydrogens is 464 g/mol. The first-order valence-electron chi connectivity index (χ1n) is 13.1. The second-order valence-corrected chi connectivity index (χ2v) is 10.2. The zero-order valence-electron chi connectivity index (χ0n) is 20.8. The van der Waals surface area contributed by atoms with Gasteiger partial charge in [-0.05, 0) is 49.8 Å². The predicted molar refractivity (Wildman–Crippen MR) is 142 cm³/mol. The lowest BCUT2D eigenvalue weighted by Gasteiger charge is -2.42. The first-order chi connectivity index (χ1) is 18.1. The van der Waals surface area contributed by atoms with Crippen molar-refractivity contribution < 1.29 is 9.90 Å². The highest BCUT2D eigenvalue weighted by Crippen LogP contribution is 2.46. The van der Waals surface area contributed by atoms with Gasteiger partial charge in [0.2, 0.25) is 5.91 Å². The molecule has 1 aliphatic heterocycles. The van der Waals surface area contributed by atoms with Crippen LogP contribution in [0.2, 0.25) is 0 Å². The highest BCUT2D eigenvalue weighted by molar-refractivity contribution is 5.94. The maximum Gasteiger partial charge on any atom is 0.225 e. The molecular formula is C29H30N6O2. The number of fused-ring (bicyclic) bond motifs is 1. The molecule has 0 unspecified atom stereocenters. The molecule has 1 N–H and O–H groups in total. The summed E-state index contributed by atoms with van der Waals surface area (Å²) in [5.41, 5.74) is 4.01. The van der Waals surface area contributed by atoms with Crippen LogP contribution in [-0.2, 0) is 4.79 Å². The number of nitrogens with zero attached hydrogens (tertiary/aromatic N) is 6. The van der Waals surface area contributed by atoms with Gasteiger partial charge in [-0.2, -0.15) is 5.26 Å². The number of hydrogen-bond donors (Lipinski definition) is 1. The van der Waals surface area contributed by atoms with Crippen LogP contribution in [0.3, 0.4) is 0 Å². The van der Waals surface area contributed by atoms with Crippen LogP contribution in [-0.4, -0.2) is 63.1 Å². The molecule has 3 aromatic rings. The van der Waals surface area contributed by atoms with Crippen molar-refractivity contribution in [3.8, 4) is 17.3 Å². The molecule has 2 aromatic heterocycles. The Labute approximate surface area is 216 Å². The van der Waals surface area contributed by atoms with Crippen molar-refractivity contribution in [3.05, 3.63) is 54.0 Å².